The van der Waals surface area contributed by atoms with Gasteiger partial charge in [-0.3, -0.25) is 4.79 Å². The third-order valence-electron chi connectivity index (χ3n) is 2.73. The van der Waals surface area contributed by atoms with Gasteiger partial charge >= 0.3 is 6.18 Å². The van der Waals surface area contributed by atoms with Gasteiger partial charge in [0, 0.05) is 13.1 Å². The van der Waals surface area contributed by atoms with E-state index < -0.39 is 18.5 Å². The smallest absolute Gasteiger partial charge is 0.342 e. The molecule has 0 bridgehead atoms. The fourth-order valence-electron chi connectivity index (χ4n) is 1.75. The molecule has 0 spiro atoms. The van der Waals surface area contributed by atoms with Crippen LogP contribution in [0.3, 0.4) is 0 Å². The Morgan fingerprint density at radius 3 is 2.27 bits per heavy atom. The fourth-order valence-corrected chi connectivity index (χ4v) is 1.75. The van der Waals surface area contributed by atoms with Crippen LogP contribution in [-0.2, 0) is 4.79 Å². The van der Waals surface area contributed by atoms with Gasteiger partial charge in [0.2, 0.25) is 5.91 Å². The third-order valence-corrected chi connectivity index (χ3v) is 2.73. The Balaban J connectivity index is 2.37. The number of halogens is 3. The molecule has 1 saturated heterocycles. The summed E-state index contributed by atoms with van der Waals surface area (Å²) in [4.78, 5) is 12.5. The summed E-state index contributed by atoms with van der Waals surface area (Å²) in [6.07, 6.45) is -3.39. The van der Waals surface area contributed by atoms with Crippen molar-refractivity contribution in [3.8, 4) is 0 Å². The van der Waals surface area contributed by atoms with Crippen molar-refractivity contribution in [3.05, 3.63) is 6.92 Å². The SMILES string of the molecule is [CH2]CC1CCN(C(=O)CC(F)(F)F)CC1. The maximum absolute atomic E-state index is 11.9. The average molecular weight is 222 g/mol. The second-order valence-corrected chi connectivity index (χ2v) is 3.90. The highest BCUT2D eigenvalue weighted by Gasteiger charge is 2.34. The van der Waals surface area contributed by atoms with Crippen molar-refractivity contribution in [1.82, 2.24) is 4.90 Å². The van der Waals surface area contributed by atoms with Crippen LogP contribution in [0.2, 0.25) is 0 Å². The second kappa shape index (κ2) is 4.86. The Morgan fingerprint density at radius 1 is 1.33 bits per heavy atom. The van der Waals surface area contributed by atoms with Crippen LogP contribution in [0.5, 0.6) is 0 Å². The van der Waals surface area contributed by atoms with Gasteiger partial charge in [0.05, 0.1) is 0 Å². The molecular weight excluding hydrogens is 207 g/mol. The van der Waals surface area contributed by atoms with Gasteiger partial charge in [-0.05, 0) is 18.8 Å². The summed E-state index contributed by atoms with van der Waals surface area (Å²) in [7, 11) is 0. The van der Waals surface area contributed by atoms with Crippen molar-refractivity contribution < 1.29 is 18.0 Å². The number of amides is 1. The summed E-state index contributed by atoms with van der Waals surface area (Å²) < 4.78 is 35.8. The van der Waals surface area contributed by atoms with E-state index in [1.807, 2.05) is 0 Å². The number of carbonyl (C=O) groups excluding carboxylic acids is 1. The average Bonchev–Trinajstić information content (AvgIpc) is 2.15. The number of likely N-dealkylation sites (tertiary alicyclic amines) is 1. The molecule has 1 heterocycles. The molecule has 0 atom stereocenters. The zero-order valence-corrected chi connectivity index (χ0v) is 8.52. The van der Waals surface area contributed by atoms with Gasteiger partial charge in [0.1, 0.15) is 6.42 Å². The van der Waals surface area contributed by atoms with Crippen LogP contribution in [0.25, 0.3) is 0 Å². The molecule has 87 valence electrons. The molecule has 1 aliphatic heterocycles. The summed E-state index contributed by atoms with van der Waals surface area (Å²) in [5.41, 5.74) is 0. The molecule has 1 fully saturated rings. The lowest BCUT2D eigenvalue weighted by atomic mass is 9.94. The summed E-state index contributed by atoms with van der Waals surface area (Å²) >= 11 is 0. The van der Waals surface area contributed by atoms with E-state index in [2.05, 4.69) is 6.92 Å². The van der Waals surface area contributed by atoms with Gasteiger partial charge in [-0.25, -0.2) is 0 Å². The van der Waals surface area contributed by atoms with Gasteiger partial charge in [-0.15, -0.1) is 0 Å². The van der Waals surface area contributed by atoms with Gasteiger partial charge in [-0.2, -0.15) is 13.2 Å². The minimum absolute atomic E-state index is 0.440. The summed E-state index contributed by atoms with van der Waals surface area (Å²) in [6, 6.07) is 0. The quantitative estimate of drug-likeness (QED) is 0.702. The number of nitrogens with zero attached hydrogens (tertiary/aromatic N) is 1. The Morgan fingerprint density at radius 2 is 1.87 bits per heavy atom. The first-order chi connectivity index (χ1) is 6.92. The van der Waals surface area contributed by atoms with Crippen molar-refractivity contribution in [1.29, 1.82) is 0 Å². The molecule has 1 amide bonds. The highest BCUT2D eigenvalue weighted by molar-refractivity contribution is 5.76. The number of piperidine rings is 1. The Labute approximate surface area is 87.4 Å². The molecular formula is C10H15F3NO. The Bertz CT molecular complexity index is 219. The van der Waals surface area contributed by atoms with Crippen LogP contribution in [0.15, 0.2) is 0 Å². The molecule has 0 saturated carbocycles. The molecule has 0 unspecified atom stereocenters. The second-order valence-electron chi connectivity index (χ2n) is 3.90. The monoisotopic (exact) mass is 222 g/mol. The highest BCUT2D eigenvalue weighted by atomic mass is 19.4. The van der Waals surface area contributed by atoms with E-state index in [9.17, 15) is 18.0 Å². The number of carbonyl (C=O) groups is 1. The largest absolute Gasteiger partial charge is 0.397 e. The van der Waals surface area contributed by atoms with Crippen LogP contribution in [-0.4, -0.2) is 30.1 Å². The van der Waals surface area contributed by atoms with E-state index in [1.165, 1.54) is 4.90 Å². The highest BCUT2D eigenvalue weighted by Crippen LogP contribution is 2.24. The molecule has 0 aromatic carbocycles. The third kappa shape index (κ3) is 4.10. The van der Waals surface area contributed by atoms with E-state index in [4.69, 9.17) is 0 Å². The van der Waals surface area contributed by atoms with E-state index in [1.54, 1.807) is 0 Å². The molecule has 1 aliphatic rings. The first-order valence-electron chi connectivity index (χ1n) is 5.06. The van der Waals surface area contributed by atoms with Gasteiger partial charge < -0.3 is 4.90 Å². The fraction of sp³-hybridized carbons (Fsp3) is 0.800. The first kappa shape index (κ1) is 12.3. The van der Waals surface area contributed by atoms with E-state index >= 15 is 0 Å². The van der Waals surface area contributed by atoms with Crippen molar-refractivity contribution in [2.45, 2.75) is 31.9 Å². The molecule has 1 rings (SSSR count). The maximum atomic E-state index is 11.9. The van der Waals surface area contributed by atoms with Crippen LogP contribution in [0.1, 0.15) is 25.7 Å². The number of hydrogen-bond acceptors (Lipinski definition) is 1. The zero-order chi connectivity index (χ0) is 11.5. The van der Waals surface area contributed by atoms with Crippen LogP contribution >= 0.6 is 0 Å². The van der Waals surface area contributed by atoms with Gasteiger partial charge in [0.15, 0.2) is 0 Å². The summed E-state index contributed by atoms with van der Waals surface area (Å²) in [5.74, 6) is -0.343. The molecule has 0 N–H and O–H groups in total. The lowest BCUT2D eigenvalue weighted by molar-refractivity contribution is -0.162. The van der Waals surface area contributed by atoms with E-state index in [-0.39, 0.29) is 0 Å². The van der Waals surface area contributed by atoms with Crippen LogP contribution < -0.4 is 0 Å². The molecule has 2 nitrogen and oxygen atoms in total. The zero-order valence-electron chi connectivity index (χ0n) is 8.52. The van der Waals surface area contributed by atoms with E-state index in [0.717, 1.165) is 19.3 Å². The molecule has 15 heavy (non-hydrogen) atoms. The van der Waals surface area contributed by atoms with Crippen LogP contribution in [0.4, 0.5) is 13.2 Å². The summed E-state index contributed by atoms with van der Waals surface area (Å²) in [5, 5.41) is 0. The maximum Gasteiger partial charge on any atom is 0.397 e. The van der Waals surface area contributed by atoms with Crippen molar-refractivity contribution in [2.75, 3.05) is 13.1 Å². The number of hydrogen-bond donors (Lipinski definition) is 0. The number of alkyl halides is 3. The van der Waals surface area contributed by atoms with Gasteiger partial charge in [-0.1, -0.05) is 13.3 Å². The van der Waals surface area contributed by atoms with Crippen molar-refractivity contribution >= 4 is 5.91 Å². The normalized spacial score (nSPS) is 19.3. The predicted octanol–water partition coefficient (Wildman–Crippen LogP) is 2.40. The lowest BCUT2D eigenvalue weighted by Crippen LogP contribution is -2.40. The molecule has 0 aromatic heterocycles. The van der Waals surface area contributed by atoms with Gasteiger partial charge in [0.25, 0.3) is 0 Å². The topological polar surface area (TPSA) is 20.3 Å². The molecule has 1 radical (unpaired) electrons. The molecule has 0 aliphatic carbocycles. The summed E-state index contributed by atoms with van der Waals surface area (Å²) in [6.45, 7) is 4.63. The van der Waals surface area contributed by atoms with Crippen molar-refractivity contribution in [2.24, 2.45) is 5.92 Å². The number of rotatable bonds is 2. The lowest BCUT2D eigenvalue weighted by Gasteiger charge is -2.31. The van der Waals surface area contributed by atoms with Crippen LogP contribution in [0, 0.1) is 12.8 Å². The molecule has 5 heteroatoms. The Kier molecular flexibility index (Phi) is 3.99. The predicted molar refractivity (Wildman–Crippen MR) is 50.0 cm³/mol. The minimum Gasteiger partial charge on any atom is -0.342 e. The first-order valence-corrected chi connectivity index (χ1v) is 5.06. The van der Waals surface area contributed by atoms with E-state index in [0.29, 0.717) is 19.0 Å². The minimum atomic E-state index is -4.39. The van der Waals surface area contributed by atoms with Crippen molar-refractivity contribution in [3.63, 3.8) is 0 Å². The molecule has 0 aromatic rings. The Hall–Kier alpha value is -0.740. The standard InChI is InChI=1S/C10H15F3NO/c1-2-8-3-5-14(6-4-8)9(15)7-10(11,12)13/h8H,1-7H2.